The number of anilines is 1. The number of rotatable bonds is 11. The summed E-state index contributed by atoms with van der Waals surface area (Å²) in [5.74, 6) is 0.750. The smallest absolute Gasteiger partial charge is 0.331 e. The standard InChI is InChI=1S/C27H33NO4/c1-2-3-14-31-15-16-32-25-9-6-21(7-10-25)22-8-11-26-24(17-22)18-23(27(29)30)12-13-28(26)19-20-4-5-20/h6-11,17-18,20H,2-5,12-16,19H2,1H3,(H,29,30). The van der Waals surface area contributed by atoms with Crippen molar-refractivity contribution in [3.05, 3.63) is 53.6 Å². The molecule has 1 N–H and O–H groups in total. The molecule has 2 aliphatic rings. The summed E-state index contributed by atoms with van der Waals surface area (Å²) >= 11 is 0. The number of carboxylic acids is 1. The van der Waals surface area contributed by atoms with Crippen LogP contribution in [0.25, 0.3) is 17.2 Å². The van der Waals surface area contributed by atoms with Crippen LogP contribution >= 0.6 is 0 Å². The third-order valence-corrected chi connectivity index (χ3v) is 6.13. The van der Waals surface area contributed by atoms with E-state index in [1.807, 2.05) is 18.2 Å². The number of carboxylic acid groups (broad SMARTS) is 1. The number of nitrogens with zero attached hydrogens (tertiary/aromatic N) is 1. The number of unbranched alkanes of at least 4 members (excludes halogenated alkanes) is 1. The Morgan fingerprint density at radius 1 is 1.06 bits per heavy atom. The number of hydrogen-bond acceptors (Lipinski definition) is 4. The SMILES string of the molecule is CCCCOCCOc1ccc(-c2ccc3c(c2)C=C(C(=O)O)CCN3CC2CC2)cc1. The molecule has 1 fully saturated rings. The average molecular weight is 436 g/mol. The number of hydrogen-bond donors (Lipinski definition) is 1. The van der Waals surface area contributed by atoms with Gasteiger partial charge in [-0.25, -0.2) is 4.79 Å². The molecule has 0 unspecified atom stereocenters. The molecule has 32 heavy (non-hydrogen) atoms. The fourth-order valence-corrected chi connectivity index (χ4v) is 4.05. The van der Waals surface area contributed by atoms with E-state index in [0.29, 0.717) is 25.2 Å². The number of fused-ring (bicyclic) bond motifs is 1. The number of ether oxygens (including phenoxy) is 2. The van der Waals surface area contributed by atoms with Gasteiger partial charge in [0.15, 0.2) is 0 Å². The number of benzene rings is 2. The monoisotopic (exact) mass is 435 g/mol. The minimum atomic E-state index is -0.824. The summed E-state index contributed by atoms with van der Waals surface area (Å²) in [4.78, 5) is 14.1. The molecule has 5 nitrogen and oxygen atoms in total. The molecule has 2 aromatic rings. The Kier molecular flexibility index (Phi) is 7.48. The largest absolute Gasteiger partial charge is 0.491 e. The molecule has 1 saturated carbocycles. The number of aliphatic carboxylic acids is 1. The lowest BCUT2D eigenvalue weighted by atomic mass is 10.00. The Labute approximate surface area is 190 Å². The van der Waals surface area contributed by atoms with E-state index in [1.165, 1.54) is 12.8 Å². The lowest BCUT2D eigenvalue weighted by Crippen LogP contribution is -2.27. The van der Waals surface area contributed by atoms with E-state index in [9.17, 15) is 9.90 Å². The molecule has 0 amide bonds. The lowest BCUT2D eigenvalue weighted by molar-refractivity contribution is -0.132. The molecule has 170 valence electrons. The van der Waals surface area contributed by atoms with Crippen molar-refractivity contribution < 1.29 is 19.4 Å². The maximum absolute atomic E-state index is 11.7. The summed E-state index contributed by atoms with van der Waals surface area (Å²) in [6, 6.07) is 14.4. The highest BCUT2D eigenvalue weighted by Gasteiger charge is 2.27. The Morgan fingerprint density at radius 3 is 2.56 bits per heavy atom. The van der Waals surface area contributed by atoms with Gasteiger partial charge in [0.2, 0.25) is 0 Å². The summed E-state index contributed by atoms with van der Waals surface area (Å²) in [6.07, 6.45) is 7.20. The van der Waals surface area contributed by atoms with E-state index in [4.69, 9.17) is 9.47 Å². The van der Waals surface area contributed by atoms with Gasteiger partial charge in [-0.15, -0.1) is 0 Å². The second kappa shape index (κ2) is 10.7. The second-order valence-electron chi connectivity index (χ2n) is 8.73. The van der Waals surface area contributed by atoms with Gasteiger partial charge in [-0.1, -0.05) is 31.5 Å². The van der Waals surface area contributed by atoms with Crippen LogP contribution in [0, 0.1) is 5.92 Å². The highest BCUT2D eigenvalue weighted by Crippen LogP contribution is 2.36. The first-order valence-corrected chi connectivity index (χ1v) is 11.8. The van der Waals surface area contributed by atoms with Crippen LogP contribution in [0.1, 0.15) is 44.6 Å². The highest BCUT2D eigenvalue weighted by atomic mass is 16.5. The Morgan fingerprint density at radius 2 is 1.84 bits per heavy atom. The zero-order chi connectivity index (χ0) is 22.3. The predicted molar refractivity (Wildman–Crippen MR) is 128 cm³/mol. The van der Waals surface area contributed by atoms with Gasteiger partial charge in [0, 0.05) is 31.0 Å². The van der Waals surface area contributed by atoms with Crippen molar-refractivity contribution in [1.82, 2.24) is 0 Å². The normalized spacial score (nSPS) is 15.7. The molecule has 1 aliphatic carbocycles. The fraction of sp³-hybridized carbons (Fsp3) is 0.444. The first-order valence-electron chi connectivity index (χ1n) is 11.8. The van der Waals surface area contributed by atoms with E-state index in [0.717, 1.165) is 66.6 Å². The third kappa shape index (κ3) is 5.92. The predicted octanol–water partition coefficient (Wildman–Crippen LogP) is 5.64. The second-order valence-corrected chi connectivity index (χ2v) is 8.73. The topological polar surface area (TPSA) is 59.0 Å². The van der Waals surface area contributed by atoms with Crippen molar-refractivity contribution in [2.24, 2.45) is 5.92 Å². The Bertz CT molecular complexity index is 947. The van der Waals surface area contributed by atoms with Crippen molar-refractivity contribution in [3.8, 4) is 16.9 Å². The molecule has 5 heteroatoms. The summed E-state index contributed by atoms with van der Waals surface area (Å²) in [7, 11) is 0. The van der Waals surface area contributed by atoms with Crippen LogP contribution in [0.4, 0.5) is 5.69 Å². The summed E-state index contributed by atoms with van der Waals surface area (Å²) in [5.41, 5.74) is 4.77. The van der Waals surface area contributed by atoms with Gasteiger partial charge in [-0.2, -0.15) is 0 Å². The van der Waals surface area contributed by atoms with Gasteiger partial charge in [0.25, 0.3) is 0 Å². The maximum atomic E-state index is 11.7. The molecule has 2 aromatic carbocycles. The Balaban J connectivity index is 1.47. The van der Waals surface area contributed by atoms with Gasteiger partial charge < -0.3 is 19.5 Å². The van der Waals surface area contributed by atoms with Crippen LogP contribution in [0.3, 0.4) is 0 Å². The summed E-state index contributed by atoms with van der Waals surface area (Å²) in [5, 5.41) is 9.61. The molecule has 0 radical (unpaired) electrons. The van der Waals surface area contributed by atoms with E-state index in [1.54, 1.807) is 0 Å². The van der Waals surface area contributed by atoms with Gasteiger partial charge in [0.05, 0.1) is 6.61 Å². The van der Waals surface area contributed by atoms with Crippen LogP contribution in [-0.4, -0.2) is 44.0 Å². The van der Waals surface area contributed by atoms with E-state index in [-0.39, 0.29) is 0 Å². The summed E-state index contributed by atoms with van der Waals surface area (Å²) < 4.78 is 11.3. The molecule has 0 bridgehead atoms. The quantitative estimate of drug-likeness (QED) is 0.463. The van der Waals surface area contributed by atoms with Gasteiger partial charge in [0.1, 0.15) is 12.4 Å². The molecule has 0 atom stereocenters. The van der Waals surface area contributed by atoms with Crippen LogP contribution in [-0.2, 0) is 9.53 Å². The average Bonchev–Trinajstić information content (AvgIpc) is 3.64. The van der Waals surface area contributed by atoms with Crippen molar-refractivity contribution in [1.29, 1.82) is 0 Å². The first-order chi connectivity index (χ1) is 15.6. The summed E-state index contributed by atoms with van der Waals surface area (Å²) in [6.45, 7) is 5.85. The van der Waals surface area contributed by atoms with Gasteiger partial charge >= 0.3 is 5.97 Å². The molecule has 1 aliphatic heterocycles. The molecule has 1 heterocycles. The van der Waals surface area contributed by atoms with E-state index < -0.39 is 5.97 Å². The zero-order valence-corrected chi connectivity index (χ0v) is 18.9. The van der Waals surface area contributed by atoms with Crippen LogP contribution in [0.15, 0.2) is 48.0 Å². The van der Waals surface area contributed by atoms with Crippen molar-refractivity contribution in [2.45, 2.75) is 39.0 Å². The van der Waals surface area contributed by atoms with Crippen LogP contribution in [0.5, 0.6) is 5.75 Å². The van der Waals surface area contributed by atoms with E-state index in [2.05, 4.69) is 42.2 Å². The van der Waals surface area contributed by atoms with E-state index >= 15 is 0 Å². The molecule has 0 aromatic heterocycles. The maximum Gasteiger partial charge on any atom is 0.331 e. The molecular weight excluding hydrogens is 402 g/mol. The molecular formula is C27H33NO4. The number of carbonyl (C=O) groups is 1. The fourth-order valence-electron chi connectivity index (χ4n) is 4.05. The third-order valence-electron chi connectivity index (χ3n) is 6.13. The van der Waals surface area contributed by atoms with Crippen molar-refractivity contribution >= 4 is 17.7 Å². The van der Waals surface area contributed by atoms with Crippen LogP contribution < -0.4 is 9.64 Å². The molecule has 0 spiro atoms. The molecule has 0 saturated heterocycles. The van der Waals surface area contributed by atoms with Crippen molar-refractivity contribution in [3.63, 3.8) is 0 Å². The highest BCUT2D eigenvalue weighted by molar-refractivity contribution is 5.94. The van der Waals surface area contributed by atoms with Crippen molar-refractivity contribution in [2.75, 3.05) is 37.8 Å². The molecule has 4 rings (SSSR count). The lowest BCUT2D eigenvalue weighted by Gasteiger charge is -2.25. The van der Waals surface area contributed by atoms with Gasteiger partial charge in [-0.05, 0) is 78.6 Å². The minimum Gasteiger partial charge on any atom is -0.491 e. The zero-order valence-electron chi connectivity index (χ0n) is 18.9. The van der Waals surface area contributed by atoms with Gasteiger partial charge in [-0.3, -0.25) is 0 Å². The first kappa shape index (κ1) is 22.4. The minimum absolute atomic E-state index is 0.478. The Hall–Kier alpha value is -2.79. The van der Waals surface area contributed by atoms with Crippen LogP contribution in [0.2, 0.25) is 0 Å².